The van der Waals surface area contributed by atoms with Crippen molar-refractivity contribution in [3.05, 3.63) is 28.7 Å². The van der Waals surface area contributed by atoms with Gasteiger partial charge in [0, 0.05) is 16.7 Å². The van der Waals surface area contributed by atoms with Crippen molar-refractivity contribution in [3.63, 3.8) is 0 Å². The fourth-order valence-electron chi connectivity index (χ4n) is 1.99. The molecule has 0 aromatic heterocycles. The summed E-state index contributed by atoms with van der Waals surface area (Å²) in [7, 11) is 0. The SMILES string of the molecule is O=C1NC(=O)N(c2ccc(Br)cc2)C(=O)[C@@H]1C=NC1CC1. The number of anilines is 1. The van der Waals surface area contributed by atoms with Crippen molar-refractivity contribution < 1.29 is 14.4 Å². The molecule has 0 radical (unpaired) electrons. The van der Waals surface area contributed by atoms with Gasteiger partial charge in [0.1, 0.15) is 0 Å². The van der Waals surface area contributed by atoms with Gasteiger partial charge in [0.05, 0.1) is 5.69 Å². The zero-order chi connectivity index (χ0) is 15.0. The minimum atomic E-state index is -1.05. The van der Waals surface area contributed by atoms with Crippen LogP contribution in [-0.2, 0) is 9.59 Å². The fourth-order valence-corrected chi connectivity index (χ4v) is 2.25. The average molecular weight is 350 g/mol. The first-order valence-electron chi connectivity index (χ1n) is 6.54. The first-order valence-corrected chi connectivity index (χ1v) is 7.33. The Hall–Kier alpha value is -2.02. The Kier molecular flexibility index (Phi) is 3.59. The summed E-state index contributed by atoms with van der Waals surface area (Å²) in [6.45, 7) is 0. The third kappa shape index (κ3) is 2.87. The van der Waals surface area contributed by atoms with E-state index in [9.17, 15) is 14.4 Å². The van der Waals surface area contributed by atoms with E-state index in [2.05, 4.69) is 26.2 Å². The Labute approximate surface area is 129 Å². The standard InChI is InChI=1S/C14H12BrN3O3/c15-8-1-5-10(6-2-8)18-13(20)11(7-16-9-3-4-9)12(19)17-14(18)21/h1-2,5-7,9,11H,3-4H2,(H,17,19,21)/t11-/m1/s1. The van der Waals surface area contributed by atoms with Crippen molar-refractivity contribution in [3.8, 4) is 0 Å². The summed E-state index contributed by atoms with van der Waals surface area (Å²) in [5, 5.41) is 2.19. The number of carbonyl (C=O) groups is 3. The van der Waals surface area contributed by atoms with Crippen LogP contribution in [0.2, 0.25) is 0 Å². The van der Waals surface area contributed by atoms with E-state index >= 15 is 0 Å². The molecule has 1 aliphatic heterocycles. The molecular weight excluding hydrogens is 338 g/mol. The van der Waals surface area contributed by atoms with Crippen molar-refractivity contribution in [2.45, 2.75) is 18.9 Å². The molecular formula is C14H12BrN3O3. The number of urea groups is 1. The molecule has 0 unspecified atom stereocenters. The molecule has 1 saturated carbocycles. The normalized spacial score (nSPS) is 22.8. The molecule has 1 saturated heterocycles. The van der Waals surface area contributed by atoms with Gasteiger partial charge in [-0.1, -0.05) is 15.9 Å². The van der Waals surface area contributed by atoms with Crippen molar-refractivity contribution in [1.29, 1.82) is 0 Å². The van der Waals surface area contributed by atoms with Gasteiger partial charge in [0.25, 0.3) is 5.91 Å². The first-order chi connectivity index (χ1) is 10.1. The van der Waals surface area contributed by atoms with Crippen LogP contribution >= 0.6 is 15.9 Å². The Bertz CT molecular complexity index is 637. The maximum Gasteiger partial charge on any atom is 0.335 e. The molecule has 1 aliphatic carbocycles. The number of nitrogens with one attached hydrogen (secondary N) is 1. The largest absolute Gasteiger partial charge is 0.335 e. The van der Waals surface area contributed by atoms with E-state index in [-0.39, 0.29) is 6.04 Å². The first kappa shape index (κ1) is 13.9. The highest BCUT2D eigenvalue weighted by Gasteiger charge is 2.40. The molecule has 4 amide bonds. The second kappa shape index (κ2) is 5.40. The van der Waals surface area contributed by atoms with E-state index in [1.807, 2.05) is 0 Å². The van der Waals surface area contributed by atoms with Gasteiger partial charge in [-0.05, 0) is 37.1 Å². The second-order valence-corrected chi connectivity index (χ2v) is 5.87. The van der Waals surface area contributed by atoms with E-state index in [0.717, 1.165) is 22.2 Å². The molecule has 1 aromatic carbocycles. The van der Waals surface area contributed by atoms with Crippen molar-refractivity contribution in [2.75, 3.05) is 4.90 Å². The number of carbonyl (C=O) groups excluding carboxylic acids is 3. The van der Waals surface area contributed by atoms with Crippen LogP contribution in [0.3, 0.4) is 0 Å². The number of amides is 4. The summed E-state index contributed by atoms with van der Waals surface area (Å²) in [5.41, 5.74) is 0.415. The van der Waals surface area contributed by atoms with Gasteiger partial charge in [-0.3, -0.25) is 19.9 Å². The van der Waals surface area contributed by atoms with Gasteiger partial charge in [0.15, 0.2) is 5.92 Å². The highest BCUT2D eigenvalue weighted by atomic mass is 79.9. The zero-order valence-electron chi connectivity index (χ0n) is 11.0. The molecule has 0 spiro atoms. The molecule has 3 rings (SSSR count). The zero-order valence-corrected chi connectivity index (χ0v) is 12.5. The van der Waals surface area contributed by atoms with Crippen LogP contribution in [0.1, 0.15) is 12.8 Å². The Morgan fingerprint density at radius 3 is 2.48 bits per heavy atom. The van der Waals surface area contributed by atoms with Crippen molar-refractivity contribution in [1.82, 2.24) is 5.32 Å². The summed E-state index contributed by atoms with van der Waals surface area (Å²) >= 11 is 3.29. The Morgan fingerprint density at radius 2 is 1.86 bits per heavy atom. The van der Waals surface area contributed by atoms with Gasteiger partial charge in [-0.15, -0.1) is 0 Å². The summed E-state index contributed by atoms with van der Waals surface area (Å²) in [5.74, 6) is -2.25. The molecule has 0 bridgehead atoms. The number of barbiturate groups is 1. The summed E-state index contributed by atoms with van der Waals surface area (Å²) in [6.07, 6.45) is 3.32. The van der Waals surface area contributed by atoms with E-state index in [0.29, 0.717) is 5.69 Å². The lowest BCUT2D eigenvalue weighted by Gasteiger charge is -2.28. The number of hydrogen-bond donors (Lipinski definition) is 1. The predicted octanol–water partition coefficient (Wildman–Crippen LogP) is 1.88. The van der Waals surface area contributed by atoms with Gasteiger partial charge in [0.2, 0.25) is 5.91 Å². The number of hydrogen-bond acceptors (Lipinski definition) is 4. The Morgan fingerprint density at radius 1 is 1.19 bits per heavy atom. The van der Waals surface area contributed by atoms with Gasteiger partial charge in [-0.25, -0.2) is 9.69 Å². The highest BCUT2D eigenvalue weighted by molar-refractivity contribution is 9.10. The molecule has 7 heteroatoms. The third-order valence-corrected chi connectivity index (χ3v) is 3.81. The number of halogens is 1. The lowest BCUT2D eigenvalue weighted by Crippen LogP contribution is -2.58. The highest BCUT2D eigenvalue weighted by Crippen LogP contribution is 2.25. The van der Waals surface area contributed by atoms with E-state index in [1.54, 1.807) is 24.3 Å². The maximum atomic E-state index is 12.4. The third-order valence-electron chi connectivity index (χ3n) is 3.28. The van der Waals surface area contributed by atoms with Crippen LogP contribution in [0.25, 0.3) is 0 Å². The predicted molar refractivity (Wildman–Crippen MR) is 80.2 cm³/mol. The molecule has 1 atom stereocenters. The number of aliphatic imine (C=N–C) groups is 1. The molecule has 1 aromatic rings. The maximum absolute atomic E-state index is 12.4. The molecule has 1 heterocycles. The topological polar surface area (TPSA) is 78.8 Å². The van der Waals surface area contributed by atoms with Crippen LogP contribution in [0.15, 0.2) is 33.7 Å². The average Bonchev–Trinajstić information content (AvgIpc) is 3.24. The number of imide groups is 2. The van der Waals surface area contributed by atoms with Gasteiger partial charge < -0.3 is 0 Å². The van der Waals surface area contributed by atoms with Crippen molar-refractivity contribution >= 4 is 45.7 Å². The summed E-state index contributed by atoms with van der Waals surface area (Å²) in [4.78, 5) is 41.3. The molecule has 108 valence electrons. The van der Waals surface area contributed by atoms with Crippen LogP contribution < -0.4 is 10.2 Å². The summed E-state index contributed by atoms with van der Waals surface area (Å²) < 4.78 is 0.832. The van der Waals surface area contributed by atoms with Crippen LogP contribution in [-0.4, -0.2) is 30.1 Å². The number of benzene rings is 1. The number of rotatable bonds is 3. The summed E-state index contributed by atoms with van der Waals surface area (Å²) in [6, 6.07) is 6.19. The Balaban J connectivity index is 1.88. The second-order valence-electron chi connectivity index (χ2n) is 4.95. The fraction of sp³-hybridized carbons (Fsp3) is 0.286. The van der Waals surface area contributed by atoms with Gasteiger partial charge >= 0.3 is 6.03 Å². The van der Waals surface area contributed by atoms with Gasteiger partial charge in [-0.2, -0.15) is 0 Å². The molecule has 1 N–H and O–H groups in total. The molecule has 2 aliphatic rings. The lowest BCUT2D eigenvalue weighted by molar-refractivity contribution is -0.131. The minimum absolute atomic E-state index is 0.212. The molecule has 2 fully saturated rings. The lowest BCUT2D eigenvalue weighted by atomic mass is 10.1. The van der Waals surface area contributed by atoms with E-state index < -0.39 is 23.8 Å². The van der Waals surface area contributed by atoms with Crippen LogP contribution in [0.5, 0.6) is 0 Å². The van der Waals surface area contributed by atoms with E-state index in [4.69, 9.17) is 0 Å². The van der Waals surface area contributed by atoms with Crippen molar-refractivity contribution in [2.24, 2.45) is 10.9 Å². The van der Waals surface area contributed by atoms with Crippen LogP contribution in [0.4, 0.5) is 10.5 Å². The quantitative estimate of drug-likeness (QED) is 0.668. The molecule has 6 nitrogen and oxygen atoms in total. The minimum Gasteiger partial charge on any atom is -0.293 e. The molecule has 21 heavy (non-hydrogen) atoms. The monoisotopic (exact) mass is 349 g/mol. The number of nitrogens with zero attached hydrogens (tertiary/aromatic N) is 2. The van der Waals surface area contributed by atoms with Crippen LogP contribution in [0, 0.1) is 5.92 Å². The smallest absolute Gasteiger partial charge is 0.293 e. The van der Waals surface area contributed by atoms with E-state index in [1.165, 1.54) is 6.21 Å².